The molecule has 0 unspecified atom stereocenters. The summed E-state index contributed by atoms with van der Waals surface area (Å²) >= 11 is 0. The Balaban J connectivity index is 2.27. The third kappa shape index (κ3) is 1.59. The molecule has 0 radical (unpaired) electrons. The summed E-state index contributed by atoms with van der Waals surface area (Å²) in [6, 6.07) is 0. The first-order valence-corrected chi connectivity index (χ1v) is 5.47. The summed E-state index contributed by atoms with van der Waals surface area (Å²) in [5, 5.41) is 0. The van der Waals surface area contributed by atoms with Crippen LogP contribution in [-0.4, -0.2) is 0 Å². The summed E-state index contributed by atoms with van der Waals surface area (Å²) in [6.45, 7) is 7.09. The van der Waals surface area contributed by atoms with E-state index in [1.54, 1.807) is 11.1 Å². The fraction of sp³-hybridized carbons (Fsp3) is 0.692. The molecule has 0 aliphatic heterocycles. The molecule has 0 heteroatoms. The van der Waals surface area contributed by atoms with Gasteiger partial charge < -0.3 is 0 Å². The number of allylic oxidation sites excluding steroid dienone is 4. The van der Waals surface area contributed by atoms with Gasteiger partial charge in [0.25, 0.3) is 0 Å². The van der Waals surface area contributed by atoms with Crippen molar-refractivity contribution < 1.29 is 0 Å². The van der Waals surface area contributed by atoms with Gasteiger partial charge in [0.2, 0.25) is 0 Å². The van der Waals surface area contributed by atoms with Gasteiger partial charge in [-0.2, -0.15) is 0 Å². The standard InChI is InChI=1S/C13H20/c1-10-6-7-13(3)9-11(2)4-5-12(13)8-10/h4-5,10H,6-9H2,1-3H3/t10-,13+/m0/s1. The maximum absolute atomic E-state index is 2.45. The molecule has 1 fully saturated rings. The van der Waals surface area contributed by atoms with Crippen LogP contribution in [0.3, 0.4) is 0 Å². The largest absolute Gasteiger partial charge is 0.0725 e. The normalized spacial score (nSPS) is 39.2. The fourth-order valence-corrected chi connectivity index (χ4v) is 2.84. The van der Waals surface area contributed by atoms with E-state index in [4.69, 9.17) is 0 Å². The molecule has 72 valence electrons. The van der Waals surface area contributed by atoms with Gasteiger partial charge in [-0.05, 0) is 43.9 Å². The summed E-state index contributed by atoms with van der Waals surface area (Å²) < 4.78 is 0. The van der Waals surface area contributed by atoms with Gasteiger partial charge in [-0.1, -0.05) is 37.1 Å². The molecule has 13 heavy (non-hydrogen) atoms. The van der Waals surface area contributed by atoms with E-state index >= 15 is 0 Å². The van der Waals surface area contributed by atoms with Crippen LogP contribution in [0.5, 0.6) is 0 Å². The van der Waals surface area contributed by atoms with Crippen molar-refractivity contribution >= 4 is 0 Å². The molecule has 0 aromatic rings. The average Bonchev–Trinajstić information content (AvgIpc) is 2.06. The number of fused-ring (bicyclic) bond motifs is 1. The van der Waals surface area contributed by atoms with Crippen LogP contribution in [0.2, 0.25) is 0 Å². The molecule has 0 saturated heterocycles. The monoisotopic (exact) mass is 176 g/mol. The minimum Gasteiger partial charge on any atom is -0.0725 e. The predicted octanol–water partition coefficient (Wildman–Crippen LogP) is 4.09. The Labute approximate surface area is 81.7 Å². The molecular formula is C13H20. The van der Waals surface area contributed by atoms with Gasteiger partial charge in [-0.15, -0.1) is 0 Å². The van der Waals surface area contributed by atoms with Gasteiger partial charge in [0.1, 0.15) is 0 Å². The van der Waals surface area contributed by atoms with Crippen molar-refractivity contribution in [2.45, 2.75) is 46.5 Å². The first kappa shape index (κ1) is 9.05. The first-order chi connectivity index (χ1) is 6.10. The second-order valence-electron chi connectivity index (χ2n) is 5.29. The zero-order valence-corrected chi connectivity index (χ0v) is 9.06. The highest BCUT2D eigenvalue weighted by Crippen LogP contribution is 2.48. The maximum atomic E-state index is 2.45. The average molecular weight is 176 g/mol. The molecule has 0 spiro atoms. The molecule has 1 saturated carbocycles. The van der Waals surface area contributed by atoms with Crippen LogP contribution in [-0.2, 0) is 0 Å². The van der Waals surface area contributed by atoms with Gasteiger partial charge in [0.15, 0.2) is 0 Å². The van der Waals surface area contributed by atoms with E-state index < -0.39 is 0 Å². The molecule has 0 N–H and O–H groups in total. The Bertz CT molecular complexity index is 270. The van der Waals surface area contributed by atoms with E-state index in [-0.39, 0.29) is 0 Å². The molecule has 0 nitrogen and oxygen atoms in total. The van der Waals surface area contributed by atoms with Gasteiger partial charge in [-0.25, -0.2) is 0 Å². The summed E-state index contributed by atoms with van der Waals surface area (Å²) in [6.07, 6.45) is 10.1. The van der Waals surface area contributed by atoms with Crippen LogP contribution in [0.25, 0.3) is 0 Å². The highest BCUT2D eigenvalue weighted by Gasteiger charge is 2.35. The quantitative estimate of drug-likeness (QED) is 0.521. The van der Waals surface area contributed by atoms with Crippen molar-refractivity contribution in [3.05, 3.63) is 23.3 Å². The molecular weight excluding hydrogens is 156 g/mol. The number of hydrogen-bond donors (Lipinski definition) is 0. The predicted molar refractivity (Wildman–Crippen MR) is 57.6 cm³/mol. The summed E-state index contributed by atoms with van der Waals surface area (Å²) in [5.41, 5.74) is 3.78. The summed E-state index contributed by atoms with van der Waals surface area (Å²) in [7, 11) is 0. The Morgan fingerprint density at radius 2 is 2.15 bits per heavy atom. The highest BCUT2D eigenvalue weighted by molar-refractivity contribution is 5.31. The number of rotatable bonds is 0. The molecule has 2 rings (SSSR count). The Morgan fingerprint density at radius 3 is 2.92 bits per heavy atom. The van der Waals surface area contributed by atoms with E-state index in [2.05, 4.69) is 32.9 Å². The Hall–Kier alpha value is -0.520. The van der Waals surface area contributed by atoms with Crippen LogP contribution >= 0.6 is 0 Å². The number of hydrogen-bond acceptors (Lipinski definition) is 0. The second-order valence-corrected chi connectivity index (χ2v) is 5.29. The lowest BCUT2D eigenvalue weighted by atomic mass is 9.64. The summed E-state index contributed by atoms with van der Waals surface area (Å²) in [4.78, 5) is 0. The SMILES string of the molecule is CC1=CC=C2C[C@@H](C)CC[C@]2(C)C1. The van der Waals surface area contributed by atoms with Crippen molar-refractivity contribution in [1.82, 2.24) is 0 Å². The highest BCUT2D eigenvalue weighted by atomic mass is 14.4. The van der Waals surface area contributed by atoms with Crippen molar-refractivity contribution in [2.24, 2.45) is 11.3 Å². The van der Waals surface area contributed by atoms with Crippen LogP contribution in [0.1, 0.15) is 46.5 Å². The van der Waals surface area contributed by atoms with E-state index in [1.807, 2.05) is 0 Å². The zero-order valence-electron chi connectivity index (χ0n) is 9.06. The smallest absolute Gasteiger partial charge is 0.00759 e. The van der Waals surface area contributed by atoms with Crippen LogP contribution in [0.15, 0.2) is 23.3 Å². The van der Waals surface area contributed by atoms with E-state index in [0.29, 0.717) is 5.41 Å². The fourth-order valence-electron chi connectivity index (χ4n) is 2.84. The van der Waals surface area contributed by atoms with Crippen molar-refractivity contribution in [3.8, 4) is 0 Å². The molecule has 2 aliphatic carbocycles. The second kappa shape index (κ2) is 3.01. The Morgan fingerprint density at radius 1 is 1.38 bits per heavy atom. The zero-order chi connectivity index (χ0) is 9.47. The van der Waals surface area contributed by atoms with Crippen molar-refractivity contribution in [3.63, 3.8) is 0 Å². The van der Waals surface area contributed by atoms with Gasteiger partial charge in [0, 0.05) is 0 Å². The van der Waals surface area contributed by atoms with Gasteiger partial charge in [-0.3, -0.25) is 0 Å². The lowest BCUT2D eigenvalue weighted by Crippen LogP contribution is -2.28. The topological polar surface area (TPSA) is 0 Å². The third-order valence-electron chi connectivity index (χ3n) is 3.77. The van der Waals surface area contributed by atoms with Crippen LogP contribution < -0.4 is 0 Å². The lowest BCUT2D eigenvalue weighted by Gasteiger charge is -2.41. The van der Waals surface area contributed by atoms with E-state index in [9.17, 15) is 0 Å². The molecule has 0 bridgehead atoms. The van der Waals surface area contributed by atoms with Crippen molar-refractivity contribution in [1.29, 1.82) is 0 Å². The summed E-state index contributed by atoms with van der Waals surface area (Å²) in [5.74, 6) is 0.908. The van der Waals surface area contributed by atoms with Crippen LogP contribution in [0, 0.1) is 11.3 Å². The molecule has 0 aromatic carbocycles. The minimum absolute atomic E-state index is 0.519. The van der Waals surface area contributed by atoms with Gasteiger partial charge in [0.05, 0.1) is 0 Å². The van der Waals surface area contributed by atoms with E-state index in [0.717, 1.165) is 5.92 Å². The molecule has 2 aliphatic rings. The first-order valence-electron chi connectivity index (χ1n) is 5.47. The molecule has 0 amide bonds. The van der Waals surface area contributed by atoms with Crippen LogP contribution in [0.4, 0.5) is 0 Å². The lowest BCUT2D eigenvalue weighted by molar-refractivity contribution is 0.254. The minimum atomic E-state index is 0.519. The van der Waals surface area contributed by atoms with E-state index in [1.165, 1.54) is 25.7 Å². The van der Waals surface area contributed by atoms with Gasteiger partial charge >= 0.3 is 0 Å². The van der Waals surface area contributed by atoms with Crippen molar-refractivity contribution in [2.75, 3.05) is 0 Å². The Kier molecular flexibility index (Phi) is 2.09. The molecule has 0 aromatic heterocycles. The third-order valence-corrected chi connectivity index (χ3v) is 3.77. The molecule has 0 heterocycles. The maximum Gasteiger partial charge on any atom is -0.00759 e. The molecule has 2 atom stereocenters.